The van der Waals surface area contributed by atoms with Gasteiger partial charge in [-0.3, -0.25) is 9.48 Å². The molecule has 0 bridgehead atoms. The molecule has 7 nitrogen and oxygen atoms in total. The summed E-state index contributed by atoms with van der Waals surface area (Å²) in [6, 6.07) is 5.45. The third-order valence-electron chi connectivity index (χ3n) is 4.74. The molecule has 24 heavy (non-hydrogen) atoms. The maximum Gasteiger partial charge on any atom is 0.251 e. The van der Waals surface area contributed by atoms with Gasteiger partial charge in [0.25, 0.3) is 5.91 Å². The first kappa shape index (κ1) is 14.9. The Bertz CT molecular complexity index is 923. The van der Waals surface area contributed by atoms with Crippen LogP contribution in [0.25, 0.3) is 11.0 Å². The molecular formula is C17H20N6O. The van der Waals surface area contributed by atoms with Crippen LogP contribution >= 0.6 is 0 Å². The molecule has 7 heteroatoms. The van der Waals surface area contributed by atoms with E-state index in [2.05, 4.69) is 20.7 Å². The summed E-state index contributed by atoms with van der Waals surface area (Å²) >= 11 is 0. The van der Waals surface area contributed by atoms with Gasteiger partial charge in [-0.1, -0.05) is 5.21 Å². The minimum Gasteiger partial charge on any atom is -0.346 e. The zero-order chi connectivity index (χ0) is 16.7. The third-order valence-corrected chi connectivity index (χ3v) is 4.74. The lowest BCUT2D eigenvalue weighted by Crippen LogP contribution is -2.24. The Morgan fingerprint density at radius 3 is 2.92 bits per heavy atom. The second kappa shape index (κ2) is 5.74. The van der Waals surface area contributed by atoms with Crippen molar-refractivity contribution in [2.24, 2.45) is 14.1 Å². The predicted octanol–water partition coefficient (Wildman–Crippen LogP) is 1.51. The molecule has 0 aliphatic heterocycles. The molecule has 2 heterocycles. The molecule has 0 saturated heterocycles. The first-order valence-electron chi connectivity index (χ1n) is 8.25. The molecule has 1 amide bonds. The molecule has 1 aliphatic rings. The van der Waals surface area contributed by atoms with Gasteiger partial charge in [-0.05, 0) is 49.4 Å². The molecule has 1 aromatic carbocycles. The quantitative estimate of drug-likeness (QED) is 0.792. The number of hydrogen-bond acceptors (Lipinski definition) is 4. The zero-order valence-electron chi connectivity index (χ0n) is 13.9. The van der Waals surface area contributed by atoms with E-state index in [1.165, 1.54) is 24.1 Å². The van der Waals surface area contributed by atoms with E-state index in [1.54, 1.807) is 16.8 Å². The summed E-state index contributed by atoms with van der Waals surface area (Å²) in [6.07, 6.45) is 4.50. The molecule has 0 atom stereocenters. The van der Waals surface area contributed by atoms with Crippen LogP contribution in [0.4, 0.5) is 0 Å². The summed E-state index contributed by atoms with van der Waals surface area (Å²) < 4.78 is 3.60. The van der Waals surface area contributed by atoms with Crippen LogP contribution in [-0.4, -0.2) is 30.7 Å². The molecule has 0 fully saturated rings. The van der Waals surface area contributed by atoms with Gasteiger partial charge in [0, 0.05) is 19.7 Å². The largest absolute Gasteiger partial charge is 0.346 e. The van der Waals surface area contributed by atoms with Crippen molar-refractivity contribution in [1.29, 1.82) is 0 Å². The lowest BCUT2D eigenvalue weighted by molar-refractivity contribution is 0.0950. The highest BCUT2D eigenvalue weighted by molar-refractivity contribution is 5.97. The Balaban J connectivity index is 1.53. The molecule has 1 N–H and O–H groups in total. The lowest BCUT2D eigenvalue weighted by atomic mass is 9.96. The van der Waals surface area contributed by atoms with Crippen LogP contribution in [0.5, 0.6) is 0 Å². The third kappa shape index (κ3) is 2.46. The number of aromatic nitrogens is 5. The summed E-state index contributed by atoms with van der Waals surface area (Å²) in [5.41, 5.74) is 5.84. The fraction of sp³-hybridized carbons (Fsp3) is 0.412. The number of aryl methyl sites for hydroxylation is 3. The van der Waals surface area contributed by atoms with E-state index in [-0.39, 0.29) is 5.91 Å². The van der Waals surface area contributed by atoms with Crippen LogP contribution in [0.2, 0.25) is 0 Å². The summed E-state index contributed by atoms with van der Waals surface area (Å²) in [4.78, 5) is 12.5. The molecule has 0 unspecified atom stereocenters. The summed E-state index contributed by atoms with van der Waals surface area (Å²) in [5.74, 6) is -0.103. The number of rotatable bonds is 3. The SMILES string of the molecule is Cn1nc2c(c1CNC(=O)c1ccc3c(c1)nnn3C)CCCC2. The number of amides is 1. The summed E-state index contributed by atoms with van der Waals surface area (Å²) in [7, 11) is 3.78. The van der Waals surface area contributed by atoms with Crippen LogP contribution in [-0.2, 0) is 33.5 Å². The van der Waals surface area contributed by atoms with Gasteiger partial charge in [0.2, 0.25) is 0 Å². The number of carbonyl (C=O) groups is 1. The standard InChI is InChI=1S/C17H20N6O/c1-22-16(12-5-3-4-6-13(12)20-22)10-18-17(24)11-7-8-15-14(9-11)19-21-23(15)2/h7-9H,3-6,10H2,1-2H3,(H,18,24). The van der Waals surface area contributed by atoms with Crippen molar-refractivity contribution in [3.63, 3.8) is 0 Å². The number of nitrogens with one attached hydrogen (secondary N) is 1. The summed E-state index contributed by atoms with van der Waals surface area (Å²) in [6.45, 7) is 0.496. The van der Waals surface area contributed by atoms with Crippen molar-refractivity contribution in [3.05, 3.63) is 40.7 Å². The topological polar surface area (TPSA) is 77.6 Å². The van der Waals surface area contributed by atoms with Gasteiger partial charge in [0.1, 0.15) is 5.52 Å². The normalized spacial score (nSPS) is 13.9. The van der Waals surface area contributed by atoms with E-state index in [1.807, 2.05) is 24.8 Å². The first-order chi connectivity index (χ1) is 11.6. The number of nitrogens with zero attached hydrogens (tertiary/aromatic N) is 5. The Morgan fingerprint density at radius 2 is 2.04 bits per heavy atom. The molecule has 1 aliphatic carbocycles. The number of hydrogen-bond donors (Lipinski definition) is 1. The smallest absolute Gasteiger partial charge is 0.251 e. The number of benzene rings is 1. The Labute approximate surface area is 139 Å². The van der Waals surface area contributed by atoms with E-state index in [4.69, 9.17) is 0 Å². The molecule has 0 saturated carbocycles. The van der Waals surface area contributed by atoms with Gasteiger partial charge >= 0.3 is 0 Å². The molecule has 0 radical (unpaired) electrons. The Morgan fingerprint density at radius 1 is 1.21 bits per heavy atom. The number of carbonyl (C=O) groups excluding carboxylic acids is 1. The van der Waals surface area contributed by atoms with Crippen molar-refractivity contribution in [2.75, 3.05) is 0 Å². The zero-order valence-corrected chi connectivity index (χ0v) is 13.9. The van der Waals surface area contributed by atoms with E-state index >= 15 is 0 Å². The second-order valence-corrected chi connectivity index (χ2v) is 6.30. The van der Waals surface area contributed by atoms with Gasteiger partial charge in [-0.15, -0.1) is 5.10 Å². The van der Waals surface area contributed by atoms with Crippen LogP contribution < -0.4 is 5.32 Å². The van der Waals surface area contributed by atoms with E-state index < -0.39 is 0 Å². The fourth-order valence-electron chi connectivity index (χ4n) is 3.42. The average Bonchev–Trinajstić information content (AvgIpc) is 3.12. The maximum absolute atomic E-state index is 12.5. The van der Waals surface area contributed by atoms with Crippen LogP contribution in [0.3, 0.4) is 0 Å². The van der Waals surface area contributed by atoms with Crippen molar-refractivity contribution in [1.82, 2.24) is 30.1 Å². The van der Waals surface area contributed by atoms with E-state index in [0.29, 0.717) is 12.1 Å². The van der Waals surface area contributed by atoms with Crippen molar-refractivity contribution < 1.29 is 4.79 Å². The van der Waals surface area contributed by atoms with Gasteiger partial charge < -0.3 is 5.32 Å². The van der Waals surface area contributed by atoms with Crippen LogP contribution in [0.15, 0.2) is 18.2 Å². The van der Waals surface area contributed by atoms with Gasteiger partial charge in [-0.2, -0.15) is 5.10 Å². The molecule has 0 spiro atoms. The molecule has 2 aromatic heterocycles. The molecule has 124 valence electrons. The highest BCUT2D eigenvalue weighted by atomic mass is 16.1. The monoisotopic (exact) mass is 324 g/mol. The van der Waals surface area contributed by atoms with Gasteiger partial charge in [0.15, 0.2) is 0 Å². The highest BCUT2D eigenvalue weighted by Crippen LogP contribution is 2.23. The first-order valence-corrected chi connectivity index (χ1v) is 8.25. The predicted molar refractivity (Wildman–Crippen MR) is 89.5 cm³/mol. The van der Waals surface area contributed by atoms with Crippen molar-refractivity contribution in [3.8, 4) is 0 Å². The highest BCUT2D eigenvalue weighted by Gasteiger charge is 2.19. The minimum absolute atomic E-state index is 0.103. The average molecular weight is 324 g/mol. The molecular weight excluding hydrogens is 304 g/mol. The fourth-order valence-corrected chi connectivity index (χ4v) is 3.42. The van der Waals surface area contributed by atoms with Crippen molar-refractivity contribution in [2.45, 2.75) is 32.2 Å². The van der Waals surface area contributed by atoms with Gasteiger partial charge in [0.05, 0.1) is 23.4 Å². The van der Waals surface area contributed by atoms with Crippen LogP contribution in [0.1, 0.15) is 40.2 Å². The minimum atomic E-state index is -0.103. The van der Waals surface area contributed by atoms with E-state index in [9.17, 15) is 4.79 Å². The van der Waals surface area contributed by atoms with E-state index in [0.717, 1.165) is 29.6 Å². The Kier molecular flexibility index (Phi) is 3.55. The Hall–Kier alpha value is -2.70. The molecule has 4 rings (SSSR count). The summed E-state index contributed by atoms with van der Waals surface area (Å²) in [5, 5.41) is 15.6. The second-order valence-electron chi connectivity index (χ2n) is 6.30. The number of fused-ring (bicyclic) bond motifs is 2. The maximum atomic E-state index is 12.5. The van der Waals surface area contributed by atoms with Gasteiger partial charge in [-0.25, -0.2) is 4.68 Å². The van der Waals surface area contributed by atoms with Crippen LogP contribution in [0, 0.1) is 0 Å². The lowest BCUT2D eigenvalue weighted by Gasteiger charge is -2.12. The van der Waals surface area contributed by atoms with Crippen molar-refractivity contribution >= 4 is 16.9 Å². The molecule has 3 aromatic rings.